The summed E-state index contributed by atoms with van der Waals surface area (Å²) in [5.74, 6) is -0.0945. The fraction of sp³-hybridized carbons (Fsp3) is 0.167. The highest BCUT2D eigenvalue weighted by molar-refractivity contribution is 7.13. The summed E-state index contributed by atoms with van der Waals surface area (Å²) in [6.45, 7) is 3.55. The van der Waals surface area contributed by atoms with E-state index in [1.54, 1.807) is 13.0 Å². The van der Waals surface area contributed by atoms with Gasteiger partial charge < -0.3 is 0 Å². The van der Waals surface area contributed by atoms with Crippen molar-refractivity contribution in [2.75, 3.05) is 5.43 Å². The molecular weight excluding hydrogens is 386 g/mol. The van der Waals surface area contributed by atoms with Crippen molar-refractivity contribution < 1.29 is 13.6 Å². The van der Waals surface area contributed by atoms with Crippen molar-refractivity contribution in [3.05, 3.63) is 58.6 Å². The molecular formula is C18H14F2N6OS. The highest BCUT2D eigenvalue weighted by atomic mass is 32.1. The second-order valence-electron chi connectivity index (χ2n) is 6.06. The molecule has 0 spiro atoms. The molecule has 0 aliphatic carbocycles. The van der Waals surface area contributed by atoms with E-state index in [2.05, 4.69) is 25.4 Å². The lowest BCUT2D eigenvalue weighted by molar-refractivity contribution is 0.101. The molecule has 0 atom stereocenters. The van der Waals surface area contributed by atoms with Gasteiger partial charge >= 0.3 is 0 Å². The van der Waals surface area contributed by atoms with Gasteiger partial charge in [-0.2, -0.15) is 0 Å². The predicted molar refractivity (Wildman–Crippen MR) is 101 cm³/mol. The van der Waals surface area contributed by atoms with E-state index in [1.165, 1.54) is 40.7 Å². The van der Waals surface area contributed by atoms with E-state index in [4.69, 9.17) is 0 Å². The summed E-state index contributed by atoms with van der Waals surface area (Å²) in [5.41, 5.74) is 4.15. The number of carbonyl (C=O) groups is 1. The first-order valence-corrected chi connectivity index (χ1v) is 9.13. The number of alkyl halides is 2. The lowest BCUT2D eigenvalue weighted by atomic mass is 10.2. The molecule has 0 saturated heterocycles. The first-order valence-electron chi connectivity index (χ1n) is 8.25. The second-order valence-corrected chi connectivity index (χ2v) is 6.92. The van der Waals surface area contributed by atoms with Crippen molar-refractivity contribution >= 4 is 28.3 Å². The van der Waals surface area contributed by atoms with Gasteiger partial charge in [0.2, 0.25) is 0 Å². The van der Waals surface area contributed by atoms with Crippen LogP contribution in [-0.4, -0.2) is 30.5 Å². The number of fused-ring (bicyclic) bond motifs is 1. The van der Waals surface area contributed by atoms with Crippen LogP contribution >= 0.6 is 11.3 Å². The molecule has 0 fully saturated rings. The van der Waals surface area contributed by atoms with Crippen LogP contribution in [0, 0.1) is 13.8 Å². The van der Waals surface area contributed by atoms with Gasteiger partial charge in [-0.25, -0.2) is 33.4 Å². The Hall–Kier alpha value is -3.27. The number of amides is 1. The van der Waals surface area contributed by atoms with E-state index in [0.717, 1.165) is 5.69 Å². The van der Waals surface area contributed by atoms with Gasteiger partial charge in [0, 0.05) is 40.6 Å². The number of nitrogens with zero attached hydrogens (tertiary/aromatic N) is 5. The topological polar surface area (TPSA) is 85.6 Å². The molecule has 0 aliphatic heterocycles. The molecule has 10 heteroatoms. The van der Waals surface area contributed by atoms with Crippen LogP contribution in [0.2, 0.25) is 0 Å². The third-order valence-corrected chi connectivity index (χ3v) is 5.04. The summed E-state index contributed by atoms with van der Waals surface area (Å²) < 4.78 is 27.7. The maximum atomic E-state index is 13.3. The molecule has 0 aliphatic rings. The zero-order valence-corrected chi connectivity index (χ0v) is 15.7. The second kappa shape index (κ2) is 7.04. The average Bonchev–Trinajstić information content (AvgIpc) is 3.26. The maximum Gasteiger partial charge on any atom is 0.273 e. The van der Waals surface area contributed by atoms with Gasteiger partial charge in [-0.3, -0.25) is 10.2 Å². The Labute approximate surface area is 162 Å². The normalized spacial score (nSPS) is 11.3. The van der Waals surface area contributed by atoms with Crippen molar-refractivity contribution in [2.45, 2.75) is 20.3 Å². The Morgan fingerprint density at radius 2 is 2.07 bits per heavy atom. The van der Waals surface area contributed by atoms with Crippen molar-refractivity contribution in [1.29, 1.82) is 0 Å². The number of pyridine rings is 1. The Morgan fingerprint density at radius 1 is 1.25 bits per heavy atom. The van der Waals surface area contributed by atoms with Crippen molar-refractivity contribution in [3.8, 4) is 10.8 Å². The SMILES string of the molecule is Cc1csc(-c2ncc(C(=O)Nn3cc(C(F)F)c4cccnc43)c(C)n2)n1. The zero-order valence-electron chi connectivity index (χ0n) is 14.8. The van der Waals surface area contributed by atoms with Crippen LogP contribution in [0.1, 0.15) is 33.7 Å². The summed E-state index contributed by atoms with van der Waals surface area (Å²) in [6.07, 6.45) is 1.36. The number of halogens is 2. The van der Waals surface area contributed by atoms with Crippen molar-refractivity contribution in [2.24, 2.45) is 0 Å². The first kappa shape index (κ1) is 18.1. The predicted octanol–water partition coefficient (Wildman–Crippen LogP) is 3.89. The minimum absolute atomic E-state index is 0.203. The zero-order chi connectivity index (χ0) is 19.8. The van der Waals surface area contributed by atoms with Gasteiger partial charge in [-0.15, -0.1) is 11.3 Å². The molecule has 7 nitrogen and oxygen atoms in total. The largest absolute Gasteiger partial charge is 0.273 e. The van der Waals surface area contributed by atoms with Gasteiger partial charge in [0.05, 0.1) is 11.3 Å². The molecule has 4 aromatic rings. The summed E-state index contributed by atoms with van der Waals surface area (Å²) in [6, 6.07) is 3.10. The lowest BCUT2D eigenvalue weighted by Crippen LogP contribution is -2.23. The number of hydrogen-bond acceptors (Lipinski definition) is 6. The molecule has 4 aromatic heterocycles. The molecule has 142 valence electrons. The minimum atomic E-state index is -2.68. The number of aryl methyl sites for hydroxylation is 2. The molecule has 1 amide bonds. The summed E-state index contributed by atoms with van der Waals surface area (Å²) in [5, 5.41) is 2.83. The van der Waals surface area contributed by atoms with Crippen LogP contribution in [0.15, 0.2) is 36.1 Å². The van der Waals surface area contributed by atoms with E-state index in [-0.39, 0.29) is 22.2 Å². The molecule has 0 radical (unpaired) electrons. The van der Waals surface area contributed by atoms with E-state index >= 15 is 0 Å². The lowest BCUT2D eigenvalue weighted by Gasteiger charge is -2.09. The van der Waals surface area contributed by atoms with Crippen LogP contribution in [0.25, 0.3) is 21.9 Å². The third kappa shape index (κ3) is 3.22. The summed E-state index contributed by atoms with van der Waals surface area (Å²) in [7, 11) is 0. The van der Waals surface area contributed by atoms with Gasteiger partial charge in [-0.1, -0.05) is 0 Å². The minimum Gasteiger partial charge on any atom is -0.267 e. The van der Waals surface area contributed by atoms with Crippen LogP contribution in [0.4, 0.5) is 8.78 Å². The Balaban J connectivity index is 1.65. The summed E-state index contributed by atoms with van der Waals surface area (Å²) in [4.78, 5) is 29.6. The van der Waals surface area contributed by atoms with Crippen molar-refractivity contribution in [1.82, 2.24) is 24.6 Å². The van der Waals surface area contributed by atoms with Gasteiger partial charge in [0.1, 0.15) is 0 Å². The molecule has 0 saturated carbocycles. The van der Waals surface area contributed by atoms with Crippen LogP contribution in [-0.2, 0) is 0 Å². The Bertz CT molecular complexity index is 1190. The van der Waals surface area contributed by atoms with Crippen LogP contribution < -0.4 is 5.43 Å². The highest BCUT2D eigenvalue weighted by Gasteiger charge is 2.20. The molecule has 0 unspecified atom stereocenters. The monoisotopic (exact) mass is 400 g/mol. The highest BCUT2D eigenvalue weighted by Crippen LogP contribution is 2.28. The third-order valence-electron chi connectivity index (χ3n) is 4.09. The number of aromatic nitrogens is 5. The van der Waals surface area contributed by atoms with Crippen molar-refractivity contribution in [3.63, 3.8) is 0 Å². The quantitative estimate of drug-likeness (QED) is 0.562. The van der Waals surface area contributed by atoms with E-state index in [1.807, 2.05) is 12.3 Å². The molecule has 4 rings (SSSR count). The van der Waals surface area contributed by atoms with E-state index < -0.39 is 12.3 Å². The molecule has 1 N–H and O–H groups in total. The average molecular weight is 400 g/mol. The van der Waals surface area contributed by atoms with Crippen LogP contribution in [0.3, 0.4) is 0 Å². The summed E-state index contributed by atoms with van der Waals surface area (Å²) >= 11 is 1.41. The number of carbonyl (C=O) groups excluding carboxylic acids is 1. The Kier molecular flexibility index (Phi) is 4.55. The fourth-order valence-corrected chi connectivity index (χ4v) is 3.50. The van der Waals surface area contributed by atoms with Gasteiger partial charge in [0.15, 0.2) is 16.5 Å². The molecule has 0 bridgehead atoms. The number of rotatable bonds is 4. The Morgan fingerprint density at radius 3 is 2.75 bits per heavy atom. The first-order chi connectivity index (χ1) is 13.4. The van der Waals surface area contributed by atoms with E-state index in [9.17, 15) is 13.6 Å². The number of nitrogens with one attached hydrogen (secondary N) is 1. The fourth-order valence-electron chi connectivity index (χ4n) is 2.76. The van der Waals surface area contributed by atoms with Gasteiger partial charge in [-0.05, 0) is 26.0 Å². The molecule has 4 heterocycles. The number of hydrogen-bond donors (Lipinski definition) is 1. The molecule has 0 aromatic carbocycles. The van der Waals surface area contributed by atoms with E-state index in [0.29, 0.717) is 16.5 Å². The van der Waals surface area contributed by atoms with Gasteiger partial charge in [0.25, 0.3) is 12.3 Å². The smallest absolute Gasteiger partial charge is 0.267 e. The standard InChI is InChI=1S/C18H14F2N6OS/c1-9-8-28-18(23-9)15-22-6-12(10(2)24-15)17(27)25-26-7-13(14(19)20)11-4-3-5-21-16(11)26/h3-8,14H,1-2H3,(H,25,27). The van der Waals surface area contributed by atoms with Crippen LogP contribution in [0.5, 0.6) is 0 Å². The molecule has 28 heavy (non-hydrogen) atoms. The maximum absolute atomic E-state index is 13.3. The number of thiazole rings is 1.